The maximum absolute atomic E-state index is 13.3. The molecule has 0 aliphatic heterocycles. The van der Waals surface area contributed by atoms with E-state index >= 15 is 0 Å². The first-order chi connectivity index (χ1) is 16.7. The van der Waals surface area contributed by atoms with Crippen molar-refractivity contribution in [3.63, 3.8) is 0 Å². The van der Waals surface area contributed by atoms with Crippen LogP contribution in [-0.2, 0) is 6.18 Å². The van der Waals surface area contributed by atoms with Crippen LogP contribution in [0.15, 0.2) is 72.8 Å². The van der Waals surface area contributed by atoms with Gasteiger partial charge in [0.2, 0.25) is 0 Å². The number of hydrogen-bond donors (Lipinski definition) is 3. The first-order valence-corrected chi connectivity index (χ1v) is 10.7. The van der Waals surface area contributed by atoms with Gasteiger partial charge in [-0.2, -0.15) is 18.3 Å². The Morgan fingerprint density at radius 1 is 0.971 bits per heavy atom. The Morgan fingerprint density at radius 2 is 1.69 bits per heavy atom. The lowest BCUT2D eigenvalue weighted by Crippen LogP contribution is -2.31. The molecule has 0 spiro atoms. The summed E-state index contributed by atoms with van der Waals surface area (Å²) in [5.41, 5.74) is 8.38. The number of imidazole rings is 1. The van der Waals surface area contributed by atoms with E-state index in [1.54, 1.807) is 24.3 Å². The molecule has 2 heterocycles. The van der Waals surface area contributed by atoms with E-state index in [9.17, 15) is 18.0 Å². The van der Waals surface area contributed by atoms with Gasteiger partial charge in [0.1, 0.15) is 5.69 Å². The first-order valence-electron chi connectivity index (χ1n) is 10.3. The van der Waals surface area contributed by atoms with Crippen LogP contribution in [0.2, 0.25) is 5.02 Å². The van der Waals surface area contributed by atoms with Gasteiger partial charge in [0.15, 0.2) is 5.82 Å². The number of anilines is 2. The molecule has 4 N–H and O–H groups in total. The zero-order valence-electron chi connectivity index (χ0n) is 17.8. The van der Waals surface area contributed by atoms with Crippen LogP contribution in [0.3, 0.4) is 0 Å². The van der Waals surface area contributed by atoms with Gasteiger partial charge in [0, 0.05) is 5.56 Å². The van der Waals surface area contributed by atoms with Crippen LogP contribution in [0.25, 0.3) is 33.8 Å². The maximum atomic E-state index is 13.3. The fraction of sp³-hybridized carbons (Fsp3) is 0.0417. The Hall–Kier alpha value is -4.31. The van der Waals surface area contributed by atoms with Crippen molar-refractivity contribution < 1.29 is 18.0 Å². The van der Waals surface area contributed by atoms with Crippen molar-refractivity contribution in [2.24, 2.45) is 5.73 Å². The summed E-state index contributed by atoms with van der Waals surface area (Å²) >= 11 is 5.70. The van der Waals surface area contributed by atoms with Crippen molar-refractivity contribution in [1.29, 1.82) is 0 Å². The van der Waals surface area contributed by atoms with E-state index in [2.05, 4.69) is 20.2 Å². The van der Waals surface area contributed by atoms with Gasteiger partial charge >= 0.3 is 12.2 Å². The van der Waals surface area contributed by atoms with E-state index in [4.69, 9.17) is 17.3 Å². The van der Waals surface area contributed by atoms with Crippen LogP contribution in [0, 0.1) is 0 Å². The zero-order valence-corrected chi connectivity index (χ0v) is 18.5. The predicted molar refractivity (Wildman–Crippen MR) is 127 cm³/mol. The smallest absolute Gasteiger partial charge is 0.351 e. The molecule has 0 saturated heterocycles. The number of H-pyrrole nitrogens is 2. The summed E-state index contributed by atoms with van der Waals surface area (Å²) in [6.07, 6.45) is -4.68. The number of aromatic nitrogens is 4. The highest BCUT2D eigenvalue weighted by Gasteiger charge is 2.34. The minimum Gasteiger partial charge on any atom is -0.351 e. The number of aromatic amines is 2. The number of primary amides is 1. The Labute approximate surface area is 201 Å². The molecule has 5 aromatic rings. The maximum Gasteiger partial charge on any atom is 0.417 e. The largest absolute Gasteiger partial charge is 0.417 e. The lowest BCUT2D eigenvalue weighted by atomic mass is 10.1. The Balaban J connectivity index is 1.44. The highest BCUT2D eigenvalue weighted by molar-refractivity contribution is 6.31. The number of fused-ring (bicyclic) bond motifs is 1. The number of hydrogen-bond acceptors (Lipinski definition) is 3. The molecular formula is C24H16ClF3N6O. The Bertz CT molecular complexity index is 1510. The summed E-state index contributed by atoms with van der Waals surface area (Å²) in [6.45, 7) is 0. The van der Waals surface area contributed by atoms with Crippen molar-refractivity contribution in [3.05, 3.63) is 83.4 Å². The van der Waals surface area contributed by atoms with Crippen LogP contribution in [0.4, 0.5) is 29.3 Å². The van der Waals surface area contributed by atoms with Crippen LogP contribution in [-0.4, -0.2) is 26.2 Å². The summed E-state index contributed by atoms with van der Waals surface area (Å²) in [5.74, 6) is 0.629. The van der Waals surface area contributed by atoms with Gasteiger partial charge in [0.05, 0.1) is 38.7 Å². The van der Waals surface area contributed by atoms with Crippen molar-refractivity contribution in [2.45, 2.75) is 6.18 Å². The number of rotatable bonds is 4. The molecule has 0 bridgehead atoms. The molecule has 3 aromatic carbocycles. The summed E-state index contributed by atoms with van der Waals surface area (Å²) in [7, 11) is 0. The fourth-order valence-electron chi connectivity index (χ4n) is 3.73. The standard InChI is InChI=1S/C24H16ClF3N6O/c25-17-10-9-15(11-16(17)24(26,27)28)34(23(29)35)14-7-5-13(6-8-14)20-12-21(33-32-20)22-30-18-3-1-2-4-19(18)31-22/h1-12H,(H2,29,35)(H,30,31)(H,32,33). The van der Waals surface area contributed by atoms with Gasteiger partial charge in [-0.15, -0.1) is 0 Å². The van der Waals surface area contributed by atoms with Crippen LogP contribution in [0.1, 0.15) is 5.56 Å². The van der Waals surface area contributed by atoms with Crippen molar-refractivity contribution in [1.82, 2.24) is 20.2 Å². The second kappa shape index (κ2) is 8.48. The van der Waals surface area contributed by atoms with E-state index in [1.165, 1.54) is 6.07 Å². The molecule has 0 unspecified atom stereocenters. The molecule has 0 aliphatic carbocycles. The van der Waals surface area contributed by atoms with Gasteiger partial charge < -0.3 is 10.7 Å². The first kappa shape index (κ1) is 22.5. The van der Waals surface area contributed by atoms with Crippen molar-refractivity contribution in [3.8, 4) is 22.8 Å². The third-order valence-corrected chi connectivity index (χ3v) is 5.71. The monoisotopic (exact) mass is 496 g/mol. The van der Waals surface area contributed by atoms with Crippen molar-refractivity contribution in [2.75, 3.05) is 4.90 Å². The molecule has 7 nitrogen and oxygen atoms in total. The molecule has 0 aliphatic rings. The van der Waals surface area contributed by atoms with E-state index in [1.807, 2.05) is 30.3 Å². The molecule has 5 rings (SSSR count). The lowest BCUT2D eigenvalue weighted by molar-refractivity contribution is -0.137. The lowest BCUT2D eigenvalue weighted by Gasteiger charge is -2.22. The van der Waals surface area contributed by atoms with Crippen LogP contribution in [0.5, 0.6) is 0 Å². The van der Waals surface area contributed by atoms with Crippen molar-refractivity contribution >= 4 is 40.0 Å². The summed E-state index contributed by atoms with van der Waals surface area (Å²) in [5, 5.41) is 6.79. The second-order valence-electron chi connectivity index (χ2n) is 7.65. The minimum atomic E-state index is -4.68. The summed E-state index contributed by atoms with van der Waals surface area (Å²) < 4.78 is 39.9. The number of nitrogens with one attached hydrogen (secondary N) is 2. The van der Waals surface area contributed by atoms with Gasteiger partial charge in [-0.1, -0.05) is 35.9 Å². The number of nitrogens with zero attached hydrogens (tertiary/aromatic N) is 3. The molecule has 0 fully saturated rings. The van der Waals surface area contributed by atoms with E-state index in [0.29, 0.717) is 22.8 Å². The normalized spacial score (nSPS) is 11.7. The zero-order chi connectivity index (χ0) is 24.7. The fourth-order valence-corrected chi connectivity index (χ4v) is 3.95. The minimum absolute atomic E-state index is 0.0612. The number of alkyl halides is 3. The quantitative estimate of drug-likeness (QED) is 0.264. The van der Waals surface area contributed by atoms with Crippen LogP contribution >= 0.6 is 11.6 Å². The molecule has 2 aromatic heterocycles. The van der Waals surface area contributed by atoms with E-state index in [-0.39, 0.29) is 11.4 Å². The Kier molecular flexibility index (Phi) is 5.45. The second-order valence-corrected chi connectivity index (χ2v) is 8.06. The number of urea groups is 1. The molecule has 0 saturated carbocycles. The number of amides is 2. The highest BCUT2D eigenvalue weighted by Crippen LogP contribution is 2.38. The average Bonchev–Trinajstić information content (AvgIpc) is 3.47. The van der Waals surface area contributed by atoms with Crippen LogP contribution < -0.4 is 10.6 Å². The summed E-state index contributed by atoms with van der Waals surface area (Å²) in [6, 6.07) is 18.2. The number of carbonyl (C=O) groups excluding carboxylic acids is 1. The highest BCUT2D eigenvalue weighted by atomic mass is 35.5. The average molecular weight is 497 g/mol. The molecule has 35 heavy (non-hydrogen) atoms. The number of nitrogens with two attached hydrogens (primary N) is 1. The van der Waals surface area contributed by atoms with E-state index < -0.39 is 22.8 Å². The topological polar surface area (TPSA) is 104 Å². The third kappa shape index (κ3) is 4.31. The number of para-hydroxylation sites is 2. The van der Waals surface area contributed by atoms with Gasteiger partial charge in [-0.3, -0.25) is 10.00 Å². The third-order valence-electron chi connectivity index (χ3n) is 5.38. The van der Waals surface area contributed by atoms with Gasteiger partial charge in [-0.25, -0.2) is 9.78 Å². The molecule has 2 amide bonds. The molecular weight excluding hydrogens is 481 g/mol. The molecule has 0 radical (unpaired) electrons. The van der Waals surface area contributed by atoms with Gasteiger partial charge in [-0.05, 0) is 48.5 Å². The van der Waals surface area contributed by atoms with Gasteiger partial charge in [0.25, 0.3) is 0 Å². The SMILES string of the molecule is NC(=O)N(c1ccc(-c2cc(-c3nc4ccccc4[nH]3)[nH]n2)cc1)c1ccc(Cl)c(C(F)(F)F)c1. The number of halogens is 4. The summed E-state index contributed by atoms with van der Waals surface area (Å²) in [4.78, 5) is 20.9. The molecule has 11 heteroatoms. The Morgan fingerprint density at radius 3 is 2.37 bits per heavy atom. The van der Waals surface area contributed by atoms with E-state index in [0.717, 1.165) is 28.1 Å². The molecule has 176 valence electrons. The number of carbonyl (C=O) groups is 1. The predicted octanol–water partition coefficient (Wildman–Crippen LogP) is 6.51. The molecule has 0 atom stereocenters. The number of benzene rings is 3.